The minimum Gasteiger partial charge on any atom is -0.271 e. The van der Waals surface area contributed by atoms with E-state index in [2.05, 4.69) is 31.0 Å². The van der Waals surface area contributed by atoms with Gasteiger partial charge in [-0.2, -0.15) is 4.80 Å². The molecule has 0 aliphatic heterocycles. The van der Waals surface area contributed by atoms with Gasteiger partial charge in [0.15, 0.2) is 0 Å². The van der Waals surface area contributed by atoms with Crippen LogP contribution in [0.5, 0.6) is 0 Å². The summed E-state index contributed by atoms with van der Waals surface area (Å²) in [7, 11) is 0. The summed E-state index contributed by atoms with van der Waals surface area (Å²) in [4.78, 5) is 12.9. The maximum absolute atomic E-state index is 11.7. The van der Waals surface area contributed by atoms with Gasteiger partial charge in [-0.1, -0.05) is 30.3 Å². The molecule has 0 spiro atoms. The second-order valence-corrected chi connectivity index (χ2v) is 3.91. The van der Waals surface area contributed by atoms with Crippen LogP contribution < -0.4 is 5.43 Å². The summed E-state index contributed by atoms with van der Waals surface area (Å²) < 4.78 is 1.34. The number of rotatable bonds is 4. The number of nitrogens with zero attached hydrogens (tertiary/aromatic N) is 7. The molecule has 1 amide bonds. The molecule has 1 N–H and O–H groups in total. The molecule has 2 heterocycles. The van der Waals surface area contributed by atoms with E-state index in [1.807, 2.05) is 30.3 Å². The molecule has 100 valence electrons. The molecule has 9 nitrogen and oxygen atoms in total. The van der Waals surface area contributed by atoms with Crippen LogP contribution in [-0.2, 0) is 11.3 Å². The molecule has 3 rings (SSSR count). The van der Waals surface area contributed by atoms with Crippen LogP contribution in [0.2, 0.25) is 0 Å². The smallest absolute Gasteiger partial charge is 0.262 e. The van der Waals surface area contributed by atoms with Gasteiger partial charge in [0.1, 0.15) is 19.2 Å². The molecule has 0 aliphatic rings. The van der Waals surface area contributed by atoms with Gasteiger partial charge in [0.25, 0.3) is 5.91 Å². The molecule has 9 heteroatoms. The Hall–Kier alpha value is -3.10. The molecule has 3 aromatic rings. The highest BCUT2D eigenvalue weighted by Gasteiger charge is 2.09. The molecule has 0 saturated heterocycles. The van der Waals surface area contributed by atoms with Gasteiger partial charge in [0.05, 0.1) is 0 Å². The van der Waals surface area contributed by atoms with Crippen molar-refractivity contribution in [1.29, 1.82) is 0 Å². The highest BCUT2D eigenvalue weighted by Crippen LogP contribution is 2.11. The zero-order valence-electron chi connectivity index (χ0n) is 10.3. The molecule has 1 aromatic carbocycles. The third-order valence-corrected chi connectivity index (χ3v) is 2.44. The molecule has 0 bridgehead atoms. The van der Waals surface area contributed by atoms with Crippen LogP contribution in [0.1, 0.15) is 0 Å². The number of hydrogen-bond donors (Lipinski definition) is 1. The van der Waals surface area contributed by atoms with E-state index in [9.17, 15) is 4.79 Å². The highest BCUT2D eigenvalue weighted by molar-refractivity contribution is 5.83. The lowest BCUT2D eigenvalue weighted by molar-refractivity contribution is -0.118. The molecule has 0 atom stereocenters. The fraction of sp³-hybridized carbons (Fsp3) is 0.0909. The lowest BCUT2D eigenvalue weighted by Crippen LogP contribution is -2.26. The predicted octanol–water partition coefficient (Wildman–Crippen LogP) is -0.298. The quantitative estimate of drug-likeness (QED) is 0.698. The summed E-state index contributed by atoms with van der Waals surface area (Å²) in [5, 5.41) is 19.0. The normalized spacial score (nSPS) is 10.4. The van der Waals surface area contributed by atoms with Crippen molar-refractivity contribution in [2.45, 2.75) is 6.54 Å². The largest absolute Gasteiger partial charge is 0.271 e. The van der Waals surface area contributed by atoms with Crippen LogP contribution in [0.25, 0.3) is 11.4 Å². The fourth-order valence-electron chi connectivity index (χ4n) is 1.58. The molecule has 2 aromatic heterocycles. The van der Waals surface area contributed by atoms with E-state index in [1.54, 1.807) is 0 Å². The van der Waals surface area contributed by atoms with Gasteiger partial charge < -0.3 is 0 Å². The van der Waals surface area contributed by atoms with E-state index < -0.39 is 0 Å². The first kappa shape index (κ1) is 12.0. The second kappa shape index (κ2) is 5.26. The van der Waals surface area contributed by atoms with Crippen molar-refractivity contribution in [2.24, 2.45) is 0 Å². The Labute approximate surface area is 113 Å². The molecule has 0 saturated carbocycles. The third kappa shape index (κ3) is 2.66. The number of hydrogen-bond acceptors (Lipinski definition) is 6. The van der Waals surface area contributed by atoms with E-state index in [1.165, 1.54) is 22.1 Å². The average molecular weight is 270 g/mol. The summed E-state index contributed by atoms with van der Waals surface area (Å²) in [6.45, 7) is -0.0436. The lowest BCUT2D eigenvalue weighted by atomic mass is 10.2. The lowest BCUT2D eigenvalue weighted by Gasteiger charge is -2.02. The summed E-state index contributed by atoms with van der Waals surface area (Å²) in [5.41, 5.74) is 3.39. The Morgan fingerprint density at radius 1 is 1.15 bits per heavy atom. The van der Waals surface area contributed by atoms with Gasteiger partial charge in [-0.05, 0) is 5.21 Å². The Bertz CT molecular complexity index is 690. The molecule has 20 heavy (non-hydrogen) atoms. The van der Waals surface area contributed by atoms with Crippen molar-refractivity contribution in [3.8, 4) is 11.4 Å². The molecule has 0 aliphatic carbocycles. The Morgan fingerprint density at radius 3 is 2.65 bits per heavy atom. The van der Waals surface area contributed by atoms with Crippen LogP contribution in [0.4, 0.5) is 0 Å². The first-order valence-corrected chi connectivity index (χ1v) is 5.79. The monoisotopic (exact) mass is 270 g/mol. The minimum absolute atomic E-state index is 0.0436. The number of benzene rings is 1. The Kier molecular flexibility index (Phi) is 3.15. The molecule has 0 fully saturated rings. The number of carbonyl (C=O) groups excluding carboxylic acids is 1. The van der Waals surface area contributed by atoms with Crippen molar-refractivity contribution < 1.29 is 4.79 Å². The van der Waals surface area contributed by atoms with Crippen molar-refractivity contribution in [3.63, 3.8) is 0 Å². The van der Waals surface area contributed by atoms with Crippen LogP contribution in [0.15, 0.2) is 43.0 Å². The van der Waals surface area contributed by atoms with E-state index in [4.69, 9.17) is 0 Å². The summed E-state index contributed by atoms with van der Waals surface area (Å²) in [5.74, 6) is 0.171. The predicted molar refractivity (Wildman–Crippen MR) is 67.6 cm³/mol. The molecule has 0 unspecified atom stereocenters. The van der Waals surface area contributed by atoms with Crippen LogP contribution in [0.3, 0.4) is 0 Å². The maximum Gasteiger partial charge on any atom is 0.262 e. The van der Waals surface area contributed by atoms with Gasteiger partial charge in [-0.3, -0.25) is 10.2 Å². The van der Waals surface area contributed by atoms with Crippen LogP contribution in [0, 0.1) is 0 Å². The van der Waals surface area contributed by atoms with E-state index in [0.29, 0.717) is 5.82 Å². The third-order valence-electron chi connectivity index (χ3n) is 2.44. The average Bonchev–Trinajstić information content (AvgIpc) is 3.11. The Balaban J connectivity index is 1.67. The van der Waals surface area contributed by atoms with Crippen LogP contribution >= 0.6 is 0 Å². The van der Waals surface area contributed by atoms with Crippen molar-refractivity contribution in [1.82, 2.24) is 35.1 Å². The first-order valence-electron chi connectivity index (χ1n) is 5.79. The maximum atomic E-state index is 11.7. The van der Waals surface area contributed by atoms with Crippen molar-refractivity contribution >= 4 is 5.91 Å². The Morgan fingerprint density at radius 2 is 1.90 bits per heavy atom. The number of amides is 1. The first-order chi connectivity index (χ1) is 9.81. The summed E-state index contributed by atoms with van der Waals surface area (Å²) >= 11 is 0. The van der Waals surface area contributed by atoms with E-state index >= 15 is 0 Å². The molecular formula is C11H10N8O. The zero-order valence-corrected chi connectivity index (χ0v) is 10.3. The number of tetrazole rings is 1. The van der Waals surface area contributed by atoms with Gasteiger partial charge in [-0.15, -0.1) is 20.4 Å². The van der Waals surface area contributed by atoms with Crippen LogP contribution in [-0.4, -0.2) is 41.0 Å². The van der Waals surface area contributed by atoms with E-state index in [0.717, 1.165) is 5.56 Å². The van der Waals surface area contributed by atoms with Gasteiger partial charge in [-0.25, -0.2) is 4.68 Å². The SMILES string of the molecule is O=C(Cn1nnc(-c2ccccc2)n1)Nn1cnnc1. The van der Waals surface area contributed by atoms with Gasteiger partial charge in [0.2, 0.25) is 5.82 Å². The van der Waals surface area contributed by atoms with E-state index in [-0.39, 0.29) is 12.5 Å². The highest BCUT2D eigenvalue weighted by atomic mass is 16.2. The zero-order chi connectivity index (χ0) is 13.8. The second-order valence-electron chi connectivity index (χ2n) is 3.91. The summed E-state index contributed by atoms with van der Waals surface area (Å²) in [6.07, 6.45) is 2.75. The number of nitrogens with one attached hydrogen (secondary N) is 1. The molecule has 0 radical (unpaired) electrons. The minimum atomic E-state index is -0.304. The van der Waals surface area contributed by atoms with Gasteiger partial charge in [0, 0.05) is 5.56 Å². The number of carbonyl (C=O) groups is 1. The van der Waals surface area contributed by atoms with Gasteiger partial charge >= 0.3 is 0 Å². The topological polar surface area (TPSA) is 103 Å². The van der Waals surface area contributed by atoms with Crippen molar-refractivity contribution in [3.05, 3.63) is 43.0 Å². The number of aromatic nitrogens is 7. The van der Waals surface area contributed by atoms with Crippen molar-refractivity contribution in [2.75, 3.05) is 5.43 Å². The standard InChI is InChI=1S/C11H10N8O/c20-10(15-18-7-12-13-8-18)6-19-16-11(14-17-19)9-4-2-1-3-5-9/h1-5,7-8H,6H2,(H,15,20). The summed E-state index contributed by atoms with van der Waals surface area (Å²) in [6, 6.07) is 9.42. The molecular weight excluding hydrogens is 260 g/mol. The fourth-order valence-corrected chi connectivity index (χ4v) is 1.58.